The Morgan fingerprint density at radius 2 is 1.90 bits per heavy atom. The molecule has 1 heterocycles. The lowest BCUT2D eigenvalue weighted by Gasteiger charge is -2.18. The number of rotatable bonds is 7. The van der Waals surface area contributed by atoms with Gasteiger partial charge in [-0.05, 0) is 31.2 Å². The Balaban J connectivity index is 2.28. The van der Waals surface area contributed by atoms with Gasteiger partial charge in [-0.3, -0.25) is 0 Å². The van der Waals surface area contributed by atoms with E-state index in [0.717, 1.165) is 23.6 Å². The van der Waals surface area contributed by atoms with Crippen molar-refractivity contribution in [1.29, 1.82) is 0 Å². The molecule has 2 rings (SSSR count). The summed E-state index contributed by atoms with van der Waals surface area (Å²) >= 11 is 0. The molecule has 0 fully saturated rings. The van der Waals surface area contributed by atoms with E-state index >= 15 is 0 Å². The minimum Gasteiger partial charge on any atom is -0.494 e. The van der Waals surface area contributed by atoms with E-state index in [4.69, 9.17) is 9.47 Å². The molecule has 0 bridgehead atoms. The van der Waals surface area contributed by atoms with Gasteiger partial charge in [0.25, 0.3) is 0 Å². The van der Waals surface area contributed by atoms with E-state index in [2.05, 4.69) is 22.2 Å². The van der Waals surface area contributed by atoms with Crippen LogP contribution < -0.4 is 14.8 Å². The van der Waals surface area contributed by atoms with E-state index < -0.39 is 0 Å². The van der Waals surface area contributed by atoms with Crippen molar-refractivity contribution in [3.05, 3.63) is 47.9 Å². The van der Waals surface area contributed by atoms with E-state index in [1.807, 2.05) is 37.3 Å². The van der Waals surface area contributed by atoms with Crippen LogP contribution in [-0.4, -0.2) is 30.2 Å². The fraction of sp³-hybridized carbons (Fsp3) is 0.375. The number of nitrogens with zero attached hydrogens (tertiary/aromatic N) is 2. The minimum absolute atomic E-state index is 0.00239. The molecule has 5 nitrogen and oxygen atoms in total. The standard InChI is InChI=1S/C16H21N3O2/c1-4-17-16(14-10-15(20-3)19-11-18-14)12-6-8-13(9-7-12)21-5-2/h6-11,16-17H,4-5H2,1-3H3. The van der Waals surface area contributed by atoms with Crippen LogP contribution in [-0.2, 0) is 0 Å². The van der Waals surface area contributed by atoms with Crippen molar-refractivity contribution >= 4 is 0 Å². The van der Waals surface area contributed by atoms with Crippen LogP contribution in [0.1, 0.15) is 31.1 Å². The SMILES string of the molecule is CCNC(c1ccc(OCC)cc1)c1cc(OC)ncn1. The smallest absolute Gasteiger partial charge is 0.216 e. The normalized spacial score (nSPS) is 12.0. The summed E-state index contributed by atoms with van der Waals surface area (Å²) in [6, 6.07) is 9.90. The summed E-state index contributed by atoms with van der Waals surface area (Å²) in [7, 11) is 1.60. The Morgan fingerprint density at radius 3 is 2.52 bits per heavy atom. The van der Waals surface area contributed by atoms with Crippen molar-refractivity contribution in [2.45, 2.75) is 19.9 Å². The number of hydrogen-bond donors (Lipinski definition) is 1. The lowest BCUT2D eigenvalue weighted by molar-refractivity contribution is 0.340. The molecule has 112 valence electrons. The van der Waals surface area contributed by atoms with Crippen LogP contribution in [0, 0.1) is 0 Å². The van der Waals surface area contributed by atoms with Crippen LogP contribution in [0.5, 0.6) is 11.6 Å². The van der Waals surface area contributed by atoms with Gasteiger partial charge < -0.3 is 14.8 Å². The Labute approximate surface area is 125 Å². The predicted octanol–water partition coefficient (Wildman–Crippen LogP) is 2.58. The van der Waals surface area contributed by atoms with Crippen LogP contribution >= 0.6 is 0 Å². The lowest BCUT2D eigenvalue weighted by atomic mass is 10.0. The molecule has 1 N–H and O–H groups in total. The molecule has 0 spiro atoms. The third-order valence-electron chi connectivity index (χ3n) is 3.10. The zero-order chi connectivity index (χ0) is 15.1. The van der Waals surface area contributed by atoms with E-state index in [0.29, 0.717) is 12.5 Å². The Morgan fingerprint density at radius 1 is 1.14 bits per heavy atom. The number of nitrogens with one attached hydrogen (secondary N) is 1. The van der Waals surface area contributed by atoms with Crippen LogP contribution in [0.3, 0.4) is 0 Å². The van der Waals surface area contributed by atoms with E-state index in [1.165, 1.54) is 6.33 Å². The summed E-state index contributed by atoms with van der Waals surface area (Å²) < 4.78 is 10.6. The quantitative estimate of drug-likeness (QED) is 0.848. The third kappa shape index (κ3) is 3.92. The second-order valence-electron chi connectivity index (χ2n) is 4.48. The first-order valence-corrected chi connectivity index (χ1v) is 7.10. The van der Waals surface area contributed by atoms with Crippen LogP contribution in [0.4, 0.5) is 0 Å². The van der Waals surface area contributed by atoms with Crippen LogP contribution in [0.25, 0.3) is 0 Å². The summed E-state index contributed by atoms with van der Waals surface area (Å²) in [6.45, 7) is 5.55. The van der Waals surface area contributed by atoms with Gasteiger partial charge in [-0.2, -0.15) is 0 Å². The Hall–Kier alpha value is -2.14. The highest BCUT2D eigenvalue weighted by Gasteiger charge is 2.15. The Kier molecular flexibility index (Phi) is 5.51. The third-order valence-corrected chi connectivity index (χ3v) is 3.10. The molecule has 0 aliphatic heterocycles. The average Bonchev–Trinajstić information content (AvgIpc) is 2.54. The lowest BCUT2D eigenvalue weighted by Crippen LogP contribution is -2.23. The van der Waals surface area contributed by atoms with Gasteiger partial charge >= 0.3 is 0 Å². The molecule has 1 aromatic heterocycles. The van der Waals surface area contributed by atoms with Crippen LogP contribution in [0.2, 0.25) is 0 Å². The van der Waals surface area contributed by atoms with Gasteiger partial charge in [-0.25, -0.2) is 9.97 Å². The molecule has 0 saturated carbocycles. The molecule has 0 aliphatic rings. The number of aromatic nitrogens is 2. The van der Waals surface area contributed by atoms with Gasteiger partial charge in [0.1, 0.15) is 12.1 Å². The minimum atomic E-state index is 0.00239. The molecule has 1 aromatic carbocycles. The van der Waals surface area contributed by atoms with E-state index in [-0.39, 0.29) is 6.04 Å². The molecule has 21 heavy (non-hydrogen) atoms. The molecule has 2 aromatic rings. The highest BCUT2D eigenvalue weighted by atomic mass is 16.5. The largest absolute Gasteiger partial charge is 0.494 e. The van der Waals surface area contributed by atoms with Crippen molar-refractivity contribution in [2.75, 3.05) is 20.3 Å². The Bertz CT molecular complexity index is 558. The van der Waals surface area contributed by atoms with Gasteiger partial charge in [-0.15, -0.1) is 0 Å². The van der Waals surface area contributed by atoms with Crippen molar-refractivity contribution in [2.24, 2.45) is 0 Å². The first-order chi connectivity index (χ1) is 10.3. The number of methoxy groups -OCH3 is 1. The number of hydrogen-bond acceptors (Lipinski definition) is 5. The molecule has 1 atom stereocenters. The molecule has 5 heteroatoms. The van der Waals surface area contributed by atoms with Gasteiger partial charge in [0.05, 0.1) is 25.5 Å². The van der Waals surface area contributed by atoms with E-state index in [9.17, 15) is 0 Å². The molecule has 0 radical (unpaired) electrons. The highest BCUT2D eigenvalue weighted by molar-refractivity contribution is 5.34. The van der Waals surface area contributed by atoms with Gasteiger partial charge in [0.15, 0.2) is 0 Å². The maximum absolute atomic E-state index is 5.48. The van der Waals surface area contributed by atoms with E-state index in [1.54, 1.807) is 7.11 Å². The molecule has 0 amide bonds. The molecule has 0 saturated heterocycles. The van der Waals surface area contributed by atoms with Crippen molar-refractivity contribution in [3.63, 3.8) is 0 Å². The first kappa shape index (κ1) is 15.3. The van der Waals surface area contributed by atoms with Crippen molar-refractivity contribution < 1.29 is 9.47 Å². The topological polar surface area (TPSA) is 56.3 Å². The summed E-state index contributed by atoms with van der Waals surface area (Å²) in [6.07, 6.45) is 1.52. The second-order valence-corrected chi connectivity index (χ2v) is 4.48. The zero-order valence-corrected chi connectivity index (χ0v) is 12.7. The molecular formula is C16H21N3O2. The summed E-state index contributed by atoms with van der Waals surface area (Å²) in [5.41, 5.74) is 2.01. The van der Waals surface area contributed by atoms with Crippen LogP contribution in [0.15, 0.2) is 36.7 Å². The van der Waals surface area contributed by atoms with Gasteiger partial charge in [-0.1, -0.05) is 19.1 Å². The number of benzene rings is 1. The fourth-order valence-corrected chi connectivity index (χ4v) is 2.14. The highest BCUT2D eigenvalue weighted by Crippen LogP contribution is 2.24. The summed E-state index contributed by atoms with van der Waals surface area (Å²) in [4.78, 5) is 8.41. The number of ether oxygens (including phenoxy) is 2. The summed E-state index contributed by atoms with van der Waals surface area (Å²) in [5, 5.41) is 3.43. The average molecular weight is 287 g/mol. The predicted molar refractivity (Wildman–Crippen MR) is 81.7 cm³/mol. The molecule has 0 aliphatic carbocycles. The van der Waals surface area contributed by atoms with Gasteiger partial charge in [0.2, 0.25) is 5.88 Å². The van der Waals surface area contributed by atoms with Crippen molar-refractivity contribution in [1.82, 2.24) is 15.3 Å². The fourth-order valence-electron chi connectivity index (χ4n) is 2.14. The molecular weight excluding hydrogens is 266 g/mol. The maximum Gasteiger partial charge on any atom is 0.216 e. The maximum atomic E-state index is 5.48. The first-order valence-electron chi connectivity index (χ1n) is 7.10. The van der Waals surface area contributed by atoms with Crippen molar-refractivity contribution in [3.8, 4) is 11.6 Å². The zero-order valence-electron chi connectivity index (χ0n) is 12.7. The molecule has 1 unspecified atom stereocenters. The monoisotopic (exact) mass is 287 g/mol. The second kappa shape index (κ2) is 7.59. The summed E-state index contributed by atoms with van der Waals surface area (Å²) in [5.74, 6) is 1.44. The van der Waals surface area contributed by atoms with Gasteiger partial charge in [0, 0.05) is 6.07 Å².